The van der Waals surface area contributed by atoms with Gasteiger partial charge >= 0.3 is 6.03 Å². The van der Waals surface area contributed by atoms with Crippen LogP contribution in [0.25, 0.3) is 22.4 Å². The molecule has 1 aliphatic carbocycles. The summed E-state index contributed by atoms with van der Waals surface area (Å²) in [5, 5.41) is 13.2. The molecular weight excluding hydrogens is 500 g/mol. The number of methoxy groups -OCH3 is 1. The maximum Gasteiger partial charge on any atom is 0.318 e. The van der Waals surface area contributed by atoms with Crippen LogP contribution in [0.4, 0.5) is 4.79 Å². The number of carbonyl (C=O) groups is 1. The molecule has 2 aliphatic heterocycles. The molecule has 3 heterocycles. The van der Waals surface area contributed by atoms with Gasteiger partial charge in [0, 0.05) is 48.9 Å². The monoisotopic (exact) mass is 532 g/mol. The van der Waals surface area contributed by atoms with E-state index in [2.05, 4.69) is 41.4 Å². The highest BCUT2D eigenvalue weighted by molar-refractivity contribution is 6.36. The number of urea groups is 1. The molecule has 2 saturated heterocycles. The third-order valence-corrected chi connectivity index (χ3v) is 8.79. The SMILES string of the molecule is COc1nc(-c2cccc(-c3ccccc3C)c2Cl)cc2c1[C@@H](N1CC[C@@]3(CN(CCO)C(=O)N3)C1)CC2. The number of aliphatic hydroxyl groups excluding tert-OH is 1. The van der Waals surface area contributed by atoms with E-state index >= 15 is 0 Å². The van der Waals surface area contributed by atoms with E-state index in [1.54, 1.807) is 12.0 Å². The van der Waals surface area contributed by atoms with Crippen molar-refractivity contribution in [2.45, 2.75) is 37.8 Å². The Bertz CT molecular complexity index is 1400. The number of benzene rings is 2. The molecule has 38 heavy (non-hydrogen) atoms. The predicted molar refractivity (Wildman–Crippen MR) is 149 cm³/mol. The first-order valence-electron chi connectivity index (χ1n) is 13.3. The summed E-state index contributed by atoms with van der Waals surface area (Å²) in [6.45, 7) is 4.75. The fourth-order valence-electron chi connectivity index (χ4n) is 6.54. The molecule has 3 aromatic rings. The second-order valence-electron chi connectivity index (χ2n) is 10.7. The Morgan fingerprint density at radius 2 is 1.95 bits per heavy atom. The first kappa shape index (κ1) is 25.2. The molecule has 8 heteroatoms. The number of likely N-dealkylation sites (tertiary alicyclic amines) is 1. The normalized spacial score (nSPS) is 22.8. The largest absolute Gasteiger partial charge is 0.481 e. The summed E-state index contributed by atoms with van der Waals surface area (Å²) >= 11 is 7.00. The fourth-order valence-corrected chi connectivity index (χ4v) is 6.86. The molecular formula is C30H33ClN4O3. The maximum atomic E-state index is 12.4. The van der Waals surface area contributed by atoms with Crippen LogP contribution in [0.1, 0.15) is 35.6 Å². The number of β-amino-alcohol motifs (C(OH)–C–C–N with tert-alkyl or cyclic N) is 1. The zero-order chi connectivity index (χ0) is 26.4. The van der Waals surface area contributed by atoms with Gasteiger partial charge in [0.2, 0.25) is 5.88 Å². The zero-order valence-corrected chi connectivity index (χ0v) is 22.6. The summed E-state index contributed by atoms with van der Waals surface area (Å²) in [4.78, 5) is 21.6. The molecule has 6 rings (SSSR count). The van der Waals surface area contributed by atoms with Crippen molar-refractivity contribution in [2.75, 3.05) is 39.9 Å². The van der Waals surface area contributed by atoms with E-state index in [-0.39, 0.29) is 24.2 Å². The Labute approximate surface area is 228 Å². The van der Waals surface area contributed by atoms with E-state index in [4.69, 9.17) is 21.3 Å². The Kier molecular flexibility index (Phi) is 6.54. The van der Waals surface area contributed by atoms with Crippen LogP contribution >= 0.6 is 11.6 Å². The predicted octanol–water partition coefficient (Wildman–Crippen LogP) is 4.84. The summed E-state index contributed by atoms with van der Waals surface area (Å²) in [6, 6.07) is 16.7. The number of pyridine rings is 1. The van der Waals surface area contributed by atoms with Crippen molar-refractivity contribution < 1.29 is 14.6 Å². The number of rotatable bonds is 6. The molecule has 1 aromatic heterocycles. The average molecular weight is 533 g/mol. The molecule has 0 radical (unpaired) electrons. The average Bonchev–Trinajstić information content (AvgIpc) is 3.61. The van der Waals surface area contributed by atoms with Gasteiger partial charge in [-0.05, 0) is 48.9 Å². The molecule has 0 unspecified atom stereocenters. The highest BCUT2D eigenvalue weighted by Crippen LogP contribution is 2.46. The highest BCUT2D eigenvalue weighted by Gasteiger charge is 2.49. The smallest absolute Gasteiger partial charge is 0.318 e. The second-order valence-corrected chi connectivity index (χ2v) is 11.1. The van der Waals surface area contributed by atoms with Gasteiger partial charge in [-0.15, -0.1) is 0 Å². The molecule has 2 N–H and O–H groups in total. The molecule has 2 atom stereocenters. The Hall–Kier alpha value is -3.13. The quantitative estimate of drug-likeness (QED) is 0.475. The van der Waals surface area contributed by atoms with E-state index in [9.17, 15) is 9.90 Å². The van der Waals surface area contributed by atoms with E-state index in [1.165, 1.54) is 11.1 Å². The van der Waals surface area contributed by atoms with E-state index in [0.717, 1.165) is 60.3 Å². The minimum atomic E-state index is -0.265. The summed E-state index contributed by atoms with van der Waals surface area (Å²) in [5.74, 6) is 0.649. The third-order valence-electron chi connectivity index (χ3n) is 8.38. The topological polar surface area (TPSA) is 77.9 Å². The Morgan fingerprint density at radius 3 is 2.74 bits per heavy atom. The Morgan fingerprint density at radius 1 is 1.16 bits per heavy atom. The summed E-state index contributed by atoms with van der Waals surface area (Å²) in [5.41, 5.74) is 7.14. The number of amides is 2. The summed E-state index contributed by atoms with van der Waals surface area (Å²) in [6.07, 6.45) is 2.81. The molecule has 0 bridgehead atoms. The van der Waals surface area contributed by atoms with E-state index in [1.807, 2.05) is 24.3 Å². The van der Waals surface area contributed by atoms with Gasteiger partial charge in [0.05, 0.1) is 30.0 Å². The zero-order valence-electron chi connectivity index (χ0n) is 21.8. The number of hydrogen-bond acceptors (Lipinski definition) is 5. The van der Waals surface area contributed by atoms with Crippen LogP contribution in [0.3, 0.4) is 0 Å². The number of nitrogens with zero attached hydrogens (tertiary/aromatic N) is 3. The van der Waals surface area contributed by atoms with Gasteiger partial charge < -0.3 is 20.1 Å². The number of ether oxygens (including phenoxy) is 1. The minimum Gasteiger partial charge on any atom is -0.481 e. The number of aromatic nitrogens is 1. The number of nitrogens with one attached hydrogen (secondary N) is 1. The lowest BCUT2D eigenvalue weighted by molar-refractivity contribution is 0.193. The van der Waals surface area contributed by atoms with Gasteiger partial charge in [-0.3, -0.25) is 4.90 Å². The molecule has 7 nitrogen and oxygen atoms in total. The van der Waals surface area contributed by atoms with Crippen molar-refractivity contribution in [3.05, 3.63) is 70.2 Å². The van der Waals surface area contributed by atoms with Gasteiger partial charge in [-0.25, -0.2) is 9.78 Å². The van der Waals surface area contributed by atoms with Crippen molar-refractivity contribution in [1.29, 1.82) is 0 Å². The summed E-state index contributed by atoms with van der Waals surface area (Å²) < 4.78 is 5.88. The molecule has 198 valence electrons. The van der Waals surface area contributed by atoms with Crippen LogP contribution < -0.4 is 10.1 Å². The molecule has 3 aliphatic rings. The van der Waals surface area contributed by atoms with E-state index < -0.39 is 0 Å². The lowest BCUT2D eigenvalue weighted by Crippen LogP contribution is -2.46. The number of fused-ring (bicyclic) bond motifs is 1. The lowest BCUT2D eigenvalue weighted by Gasteiger charge is -2.28. The van der Waals surface area contributed by atoms with Crippen molar-refractivity contribution >= 4 is 17.6 Å². The van der Waals surface area contributed by atoms with Crippen LogP contribution in [0.15, 0.2) is 48.5 Å². The summed E-state index contributed by atoms with van der Waals surface area (Å²) in [7, 11) is 1.68. The van der Waals surface area contributed by atoms with Crippen molar-refractivity contribution in [3.63, 3.8) is 0 Å². The fraction of sp³-hybridized carbons (Fsp3) is 0.400. The van der Waals surface area contributed by atoms with Gasteiger partial charge in [0.15, 0.2) is 0 Å². The van der Waals surface area contributed by atoms with Crippen molar-refractivity contribution in [1.82, 2.24) is 20.1 Å². The second kappa shape index (κ2) is 9.88. The van der Waals surface area contributed by atoms with Crippen LogP contribution in [0, 0.1) is 6.92 Å². The molecule has 2 fully saturated rings. The molecule has 2 amide bonds. The standard InChI is InChI=1S/C30H33ClN4O3/c1-19-6-3-4-7-21(19)22-8-5-9-23(27(22)31)24-16-20-10-11-25(26(20)28(32-24)38-2)34-13-12-30(17-34)18-35(14-15-36)29(37)33-30/h3-9,16,25,36H,10-15,17-18H2,1-2H3,(H,33,37)/t25-,30-/m0/s1. The Balaban J connectivity index is 1.30. The van der Waals surface area contributed by atoms with Crippen LogP contribution in [-0.4, -0.2) is 71.4 Å². The number of hydrogen-bond donors (Lipinski definition) is 2. The van der Waals surface area contributed by atoms with Gasteiger partial charge in [0.25, 0.3) is 0 Å². The molecule has 1 spiro atoms. The molecule has 2 aromatic carbocycles. The van der Waals surface area contributed by atoms with Crippen LogP contribution in [-0.2, 0) is 6.42 Å². The first-order valence-corrected chi connectivity index (χ1v) is 13.7. The highest BCUT2D eigenvalue weighted by atomic mass is 35.5. The number of halogens is 1. The maximum absolute atomic E-state index is 12.4. The first-order chi connectivity index (χ1) is 18.4. The number of aliphatic hydroxyl groups is 1. The van der Waals surface area contributed by atoms with Crippen LogP contribution in [0.5, 0.6) is 5.88 Å². The van der Waals surface area contributed by atoms with Gasteiger partial charge in [-0.1, -0.05) is 54.1 Å². The lowest BCUT2D eigenvalue weighted by atomic mass is 9.97. The minimum absolute atomic E-state index is 0.0215. The third kappa shape index (κ3) is 4.23. The number of aryl methyl sites for hydroxylation is 2. The van der Waals surface area contributed by atoms with Crippen molar-refractivity contribution in [2.24, 2.45) is 0 Å². The van der Waals surface area contributed by atoms with E-state index in [0.29, 0.717) is 24.0 Å². The van der Waals surface area contributed by atoms with Crippen LogP contribution in [0.2, 0.25) is 5.02 Å². The number of carbonyl (C=O) groups excluding carboxylic acids is 1. The van der Waals surface area contributed by atoms with Gasteiger partial charge in [0.1, 0.15) is 0 Å². The molecule has 0 saturated carbocycles. The van der Waals surface area contributed by atoms with Gasteiger partial charge in [-0.2, -0.15) is 0 Å². The van der Waals surface area contributed by atoms with Crippen molar-refractivity contribution in [3.8, 4) is 28.3 Å².